The summed E-state index contributed by atoms with van der Waals surface area (Å²) < 4.78 is 31.8. The van der Waals surface area contributed by atoms with Crippen LogP contribution in [0.3, 0.4) is 0 Å². The predicted octanol–water partition coefficient (Wildman–Crippen LogP) is 3.84. The number of carbonyl (C=O) groups excluding carboxylic acids is 1. The number of hydrogen-bond acceptors (Lipinski definition) is 2. The Labute approximate surface area is 116 Å². The molecule has 0 bridgehead atoms. The molecular weight excluding hydrogens is 262 g/mol. The lowest BCUT2D eigenvalue weighted by Crippen LogP contribution is -2.14. The number of halogens is 2. The van der Waals surface area contributed by atoms with Crippen molar-refractivity contribution in [3.05, 3.63) is 64.7 Å². The van der Waals surface area contributed by atoms with E-state index in [2.05, 4.69) is 0 Å². The first-order valence-electron chi connectivity index (χ1n) is 6.15. The topological polar surface area (TPSA) is 26.3 Å². The maximum atomic E-state index is 13.4. The van der Waals surface area contributed by atoms with Crippen LogP contribution in [0.4, 0.5) is 8.78 Å². The molecule has 0 amide bonds. The molecule has 0 aliphatic heterocycles. The highest BCUT2D eigenvalue weighted by atomic mass is 19.1. The van der Waals surface area contributed by atoms with Crippen LogP contribution in [0.25, 0.3) is 0 Å². The average Bonchev–Trinajstić information content (AvgIpc) is 2.40. The lowest BCUT2D eigenvalue weighted by molar-refractivity contribution is 0.0916. The molecule has 0 N–H and O–H groups in total. The molecule has 104 valence electrons. The van der Waals surface area contributed by atoms with Crippen molar-refractivity contribution < 1.29 is 18.3 Å². The second-order valence-electron chi connectivity index (χ2n) is 4.60. The van der Waals surface area contributed by atoms with Crippen LogP contribution in [0.15, 0.2) is 36.4 Å². The van der Waals surface area contributed by atoms with Crippen LogP contribution in [-0.4, -0.2) is 12.4 Å². The molecule has 0 fully saturated rings. The molecule has 0 spiro atoms. The monoisotopic (exact) mass is 276 g/mol. The minimum Gasteiger partial charge on any atom is -0.485 e. The standard InChI is InChI=1S/C16H14F2O2/c1-10-3-6-16(11(2)7-10)20-9-15(19)13-8-12(17)4-5-14(13)18/h3-8H,9H2,1-2H3. The minimum absolute atomic E-state index is 0.297. The Bertz CT molecular complexity index is 651. The van der Waals surface area contributed by atoms with Crippen molar-refractivity contribution in [2.24, 2.45) is 0 Å². The Morgan fingerprint density at radius 1 is 1.10 bits per heavy atom. The van der Waals surface area contributed by atoms with Crippen molar-refractivity contribution in [1.29, 1.82) is 0 Å². The number of ketones is 1. The van der Waals surface area contributed by atoms with Gasteiger partial charge in [0.1, 0.15) is 17.4 Å². The Morgan fingerprint density at radius 2 is 1.85 bits per heavy atom. The van der Waals surface area contributed by atoms with E-state index in [1.807, 2.05) is 26.0 Å². The van der Waals surface area contributed by atoms with E-state index in [0.29, 0.717) is 5.75 Å². The molecule has 2 aromatic carbocycles. The van der Waals surface area contributed by atoms with Gasteiger partial charge in [-0.3, -0.25) is 4.79 Å². The van der Waals surface area contributed by atoms with Crippen molar-refractivity contribution in [2.45, 2.75) is 13.8 Å². The van der Waals surface area contributed by atoms with E-state index in [1.54, 1.807) is 6.07 Å². The van der Waals surface area contributed by atoms with Gasteiger partial charge in [0.2, 0.25) is 5.78 Å². The van der Waals surface area contributed by atoms with Gasteiger partial charge in [-0.2, -0.15) is 0 Å². The Balaban J connectivity index is 2.10. The Morgan fingerprint density at radius 3 is 2.55 bits per heavy atom. The van der Waals surface area contributed by atoms with E-state index in [4.69, 9.17) is 4.74 Å². The zero-order valence-corrected chi connectivity index (χ0v) is 11.2. The summed E-state index contributed by atoms with van der Waals surface area (Å²) in [6.07, 6.45) is 0. The van der Waals surface area contributed by atoms with E-state index >= 15 is 0 Å². The smallest absolute Gasteiger partial charge is 0.203 e. The van der Waals surface area contributed by atoms with Gasteiger partial charge in [-0.1, -0.05) is 17.7 Å². The van der Waals surface area contributed by atoms with Gasteiger partial charge in [-0.15, -0.1) is 0 Å². The quantitative estimate of drug-likeness (QED) is 0.793. The number of aryl methyl sites for hydroxylation is 2. The number of ether oxygens (including phenoxy) is 1. The summed E-state index contributed by atoms with van der Waals surface area (Å²) in [6, 6.07) is 8.30. The van der Waals surface area contributed by atoms with Gasteiger partial charge in [0.05, 0.1) is 5.56 Å². The second kappa shape index (κ2) is 5.82. The molecule has 0 aliphatic rings. The maximum absolute atomic E-state index is 13.4. The van der Waals surface area contributed by atoms with Crippen LogP contribution < -0.4 is 4.74 Å². The van der Waals surface area contributed by atoms with E-state index in [1.165, 1.54) is 0 Å². The molecule has 0 atom stereocenters. The average molecular weight is 276 g/mol. The molecule has 0 aliphatic carbocycles. The molecule has 0 heterocycles. The van der Waals surface area contributed by atoms with Crippen LogP contribution in [0, 0.1) is 25.5 Å². The molecule has 0 saturated carbocycles. The van der Waals surface area contributed by atoms with Crippen molar-refractivity contribution in [1.82, 2.24) is 0 Å². The molecule has 0 radical (unpaired) electrons. The minimum atomic E-state index is -0.749. The van der Waals surface area contributed by atoms with Gasteiger partial charge in [0.25, 0.3) is 0 Å². The van der Waals surface area contributed by atoms with Gasteiger partial charge < -0.3 is 4.74 Å². The number of Topliss-reactive ketones (excluding diaryl/α,β-unsaturated/α-hetero) is 1. The highest BCUT2D eigenvalue weighted by Gasteiger charge is 2.14. The number of carbonyl (C=O) groups is 1. The molecule has 20 heavy (non-hydrogen) atoms. The first kappa shape index (κ1) is 14.2. The third-order valence-corrected chi connectivity index (χ3v) is 2.92. The fourth-order valence-corrected chi connectivity index (χ4v) is 1.89. The first-order valence-corrected chi connectivity index (χ1v) is 6.15. The van der Waals surface area contributed by atoms with Crippen LogP contribution >= 0.6 is 0 Å². The number of rotatable bonds is 4. The van der Waals surface area contributed by atoms with E-state index < -0.39 is 17.4 Å². The summed E-state index contributed by atoms with van der Waals surface area (Å²) in [5.74, 6) is -1.44. The zero-order chi connectivity index (χ0) is 14.7. The largest absolute Gasteiger partial charge is 0.485 e. The fourth-order valence-electron chi connectivity index (χ4n) is 1.89. The first-order chi connectivity index (χ1) is 9.47. The maximum Gasteiger partial charge on any atom is 0.203 e. The predicted molar refractivity (Wildman–Crippen MR) is 72.1 cm³/mol. The van der Waals surface area contributed by atoms with Gasteiger partial charge in [-0.05, 0) is 43.7 Å². The van der Waals surface area contributed by atoms with Crippen LogP contribution in [0.1, 0.15) is 21.5 Å². The van der Waals surface area contributed by atoms with Crippen molar-refractivity contribution in [3.8, 4) is 5.75 Å². The Hall–Kier alpha value is -2.23. The third-order valence-electron chi connectivity index (χ3n) is 2.92. The molecule has 2 rings (SSSR count). The zero-order valence-electron chi connectivity index (χ0n) is 11.2. The van der Waals surface area contributed by atoms with Crippen LogP contribution in [0.2, 0.25) is 0 Å². The van der Waals surface area contributed by atoms with E-state index in [-0.39, 0.29) is 12.2 Å². The highest BCUT2D eigenvalue weighted by Crippen LogP contribution is 2.19. The van der Waals surface area contributed by atoms with Crippen molar-refractivity contribution >= 4 is 5.78 Å². The van der Waals surface area contributed by atoms with Gasteiger partial charge >= 0.3 is 0 Å². The van der Waals surface area contributed by atoms with Crippen LogP contribution in [-0.2, 0) is 0 Å². The fraction of sp³-hybridized carbons (Fsp3) is 0.188. The third kappa shape index (κ3) is 3.20. The summed E-state index contributed by atoms with van der Waals surface area (Å²) in [7, 11) is 0. The molecular formula is C16H14F2O2. The second-order valence-corrected chi connectivity index (χ2v) is 4.60. The van der Waals surface area contributed by atoms with Crippen molar-refractivity contribution in [3.63, 3.8) is 0 Å². The molecule has 2 nitrogen and oxygen atoms in total. The summed E-state index contributed by atoms with van der Waals surface area (Å²) in [4.78, 5) is 11.8. The SMILES string of the molecule is Cc1ccc(OCC(=O)c2cc(F)ccc2F)c(C)c1. The molecule has 0 unspecified atom stereocenters. The van der Waals surface area contributed by atoms with Crippen LogP contribution in [0.5, 0.6) is 5.75 Å². The van der Waals surface area contributed by atoms with E-state index in [0.717, 1.165) is 29.3 Å². The van der Waals surface area contributed by atoms with Gasteiger partial charge in [-0.25, -0.2) is 8.78 Å². The van der Waals surface area contributed by atoms with Gasteiger partial charge in [0, 0.05) is 0 Å². The molecule has 0 aromatic heterocycles. The lowest BCUT2D eigenvalue weighted by atomic mass is 10.1. The summed E-state index contributed by atoms with van der Waals surface area (Å²) in [6.45, 7) is 3.48. The normalized spacial score (nSPS) is 10.4. The van der Waals surface area contributed by atoms with Crippen molar-refractivity contribution in [2.75, 3.05) is 6.61 Å². The molecule has 0 saturated heterocycles. The molecule has 2 aromatic rings. The number of hydrogen-bond donors (Lipinski definition) is 0. The summed E-state index contributed by atoms with van der Waals surface area (Å²) in [5.41, 5.74) is 1.67. The molecule has 4 heteroatoms. The highest BCUT2D eigenvalue weighted by molar-refractivity contribution is 5.97. The van der Waals surface area contributed by atoms with E-state index in [9.17, 15) is 13.6 Å². The Kier molecular flexibility index (Phi) is 4.13. The van der Waals surface area contributed by atoms with Gasteiger partial charge in [0.15, 0.2) is 6.61 Å². The summed E-state index contributed by atoms with van der Waals surface area (Å²) >= 11 is 0. The summed E-state index contributed by atoms with van der Waals surface area (Å²) in [5, 5.41) is 0. The lowest BCUT2D eigenvalue weighted by Gasteiger charge is -2.09. The number of benzene rings is 2.